The fraction of sp³-hybridized carbons (Fsp3) is 0.350. The highest BCUT2D eigenvalue weighted by molar-refractivity contribution is 5.79. The van der Waals surface area contributed by atoms with Crippen LogP contribution in [0.25, 0.3) is 5.65 Å². The Bertz CT molecular complexity index is 970. The minimum atomic E-state index is -0.298. The quantitative estimate of drug-likeness (QED) is 0.770. The number of hydrogen-bond donors (Lipinski definition) is 1. The van der Waals surface area contributed by atoms with Crippen molar-refractivity contribution in [2.24, 2.45) is 5.92 Å². The van der Waals surface area contributed by atoms with Crippen LogP contribution in [0.2, 0.25) is 0 Å². The molecule has 1 N–H and O–H groups in total. The summed E-state index contributed by atoms with van der Waals surface area (Å²) in [6, 6.07) is 12.4. The van der Waals surface area contributed by atoms with Crippen molar-refractivity contribution >= 4 is 17.5 Å². The van der Waals surface area contributed by atoms with Crippen molar-refractivity contribution in [2.75, 3.05) is 18.0 Å². The summed E-state index contributed by atoms with van der Waals surface area (Å²) in [4.78, 5) is 14.7. The van der Waals surface area contributed by atoms with E-state index in [1.807, 2.05) is 29.5 Å². The number of piperidine rings is 1. The van der Waals surface area contributed by atoms with E-state index >= 15 is 0 Å². The molecule has 1 atom stereocenters. The van der Waals surface area contributed by atoms with Gasteiger partial charge in [-0.2, -0.15) is 0 Å². The second kappa shape index (κ2) is 7.34. The standard InChI is InChI=1S/C20H22FN5O/c1-14-6-4-10-18-23-24-20(26(14)18)25-11-5-8-16(13-25)19(27)22-12-15-7-2-3-9-17(15)21/h2-4,6-7,9-10,16H,5,8,11-13H2,1H3,(H,22,27). The first kappa shape index (κ1) is 17.5. The maximum atomic E-state index is 13.7. The lowest BCUT2D eigenvalue weighted by Crippen LogP contribution is -2.43. The molecule has 140 valence electrons. The number of nitrogens with zero attached hydrogens (tertiary/aromatic N) is 4. The minimum Gasteiger partial charge on any atom is -0.352 e. The molecule has 7 heteroatoms. The van der Waals surface area contributed by atoms with Gasteiger partial charge in [-0.15, -0.1) is 10.2 Å². The molecule has 1 aliphatic rings. The van der Waals surface area contributed by atoms with Crippen molar-refractivity contribution in [1.82, 2.24) is 19.9 Å². The van der Waals surface area contributed by atoms with Crippen LogP contribution in [0.15, 0.2) is 42.5 Å². The zero-order valence-electron chi connectivity index (χ0n) is 15.2. The van der Waals surface area contributed by atoms with Crippen LogP contribution in [0.1, 0.15) is 24.1 Å². The van der Waals surface area contributed by atoms with Crippen molar-refractivity contribution < 1.29 is 9.18 Å². The largest absolute Gasteiger partial charge is 0.352 e. The van der Waals surface area contributed by atoms with Crippen LogP contribution in [-0.4, -0.2) is 33.6 Å². The smallest absolute Gasteiger partial charge is 0.231 e. The molecule has 6 nitrogen and oxygen atoms in total. The molecule has 3 heterocycles. The SMILES string of the molecule is Cc1cccc2nnc(N3CCCC(C(=O)NCc4ccccc4F)C3)n12. The highest BCUT2D eigenvalue weighted by Crippen LogP contribution is 2.23. The van der Waals surface area contributed by atoms with Gasteiger partial charge in [0.15, 0.2) is 5.65 Å². The number of aromatic nitrogens is 3. The van der Waals surface area contributed by atoms with E-state index in [0.717, 1.165) is 36.7 Å². The molecule has 4 rings (SSSR count). The predicted molar refractivity (Wildman–Crippen MR) is 101 cm³/mol. The van der Waals surface area contributed by atoms with E-state index in [9.17, 15) is 9.18 Å². The van der Waals surface area contributed by atoms with Crippen LogP contribution in [0.5, 0.6) is 0 Å². The average molecular weight is 367 g/mol. The van der Waals surface area contributed by atoms with E-state index < -0.39 is 0 Å². The number of amides is 1. The number of hydrogen-bond acceptors (Lipinski definition) is 4. The molecule has 1 aromatic carbocycles. The summed E-state index contributed by atoms with van der Waals surface area (Å²) in [5.41, 5.74) is 2.35. The van der Waals surface area contributed by atoms with Crippen LogP contribution >= 0.6 is 0 Å². The number of carbonyl (C=O) groups excluding carboxylic acids is 1. The van der Waals surface area contributed by atoms with Crippen molar-refractivity contribution in [2.45, 2.75) is 26.3 Å². The Hall–Kier alpha value is -2.96. The first-order valence-electron chi connectivity index (χ1n) is 9.20. The third-order valence-electron chi connectivity index (χ3n) is 5.09. The molecule has 1 aliphatic heterocycles. The second-order valence-electron chi connectivity index (χ2n) is 6.96. The monoisotopic (exact) mass is 367 g/mol. The fourth-order valence-corrected chi connectivity index (χ4v) is 3.63. The number of halogens is 1. The van der Waals surface area contributed by atoms with Gasteiger partial charge in [-0.3, -0.25) is 9.20 Å². The Morgan fingerprint density at radius 1 is 1.22 bits per heavy atom. The lowest BCUT2D eigenvalue weighted by molar-refractivity contribution is -0.125. The van der Waals surface area contributed by atoms with Gasteiger partial charge in [-0.25, -0.2) is 4.39 Å². The molecule has 0 spiro atoms. The summed E-state index contributed by atoms with van der Waals surface area (Å²) < 4.78 is 15.8. The van der Waals surface area contributed by atoms with Crippen LogP contribution in [0.4, 0.5) is 10.3 Å². The number of carbonyl (C=O) groups is 1. The summed E-state index contributed by atoms with van der Waals surface area (Å²) in [6.07, 6.45) is 1.72. The van der Waals surface area contributed by atoms with Gasteiger partial charge in [0.1, 0.15) is 5.82 Å². The van der Waals surface area contributed by atoms with Gasteiger partial charge in [0.05, 0.1) is 5.92 Å². The van der Waals surface area contributed by atoms with Gasteiger partial charge in [0.25, 0.3) is 0 Å². The number of aryl methyl sites for hydroxylation is 1. The molecule has 1 fully saturated rings. The second-order valence-corrected chi connectivity index (χ2v) is 6.96. The zero-order valence-corrected chi connectivity index (χ0v) is 15.2. The van der Waals surface area contributed by atoms with Crippen LogP contribution in [0.3, 0.4) is 0 Å². The van der Waals surface area contributed by atoms with E-state index in [2.05, 4.69) is 20.4 Å². The summed E-state index contributed by atoms with van der Waals surface area (Å²) in [5.74, 6) is 0.276. The number of benzene rings is 1. The third-order valence-corrected chi connectivity index (χ3v) is 5.09. The topological polar surface area (TPSA) is 62.5 Å². The van der Waals surface area contributed by atoms with Crippen molar-refractivity contribution in [3.05, 3.63) is 59.5 Å². The lowest BCUT2D eigenvalue weighted by atomic mass is 9.97. The zero-order chi connectivity index (χ0) is 18.8. The molecule has 0 aliphatic carbocycles. The molecule has 1 saturated heterocycles. The summed E-state index contributed by atoms with van der Waals surface area (Å²) >= 11 is 0. The Balaban J connectivity index is 1.46. The van der Waals surface area contributed by atoms with Gasteiger partial charge in [-0.1, -0.05) is 24.3 Å². The molecule has 0 radical (unpaired) electrons. The van der Waals surface area contributed by atoms with Crippen LogP contribution in [0, 0.1) is 18.7 Å². The van der Waals surface area contributed by atoms with Crippen LogP contribution < -0.4 is 10.2 Å². The Kier molecular flexibility index (Phi) is 4.75. The summed E-state index contributed by atoms with van der Waals surface area (Å²) in [7, 11) is 0. The van der Waals surface area contributed by atoms with Crippen molar-refractivity contribution in [1.29, 1.82) is 0 Å². The predicted octanol–water partition coefficient (Wildman–Crippen LogP) is 2.71. The normalized spacial score (nSPS) is 17.3. The Labute approximate surface area is 157 Å². The molecular weight excluding hydrogens is 345 g/mol. The fourth-order valence-electron chi connectivity index (χ4n) is 3.63. The number of pyridine rings is 1. The molecule has 1 unspecified atom stereocenters. The maximum absolute atomic E-state index is 13.7. The van der Waals surface area contributed by atoms with Crippen LogP contribution in [-0.2, 0) is 11.3 Å². The van der Waals surface area contributed by atoms with Crippen molar-refractivity contribution in [3.63, 3.8) is 0 Å². The van der Waals surface area contributed by atoms with Gasteiger partial charge < -0.3 is 10.2 Å². The third kappa shape index (κ3) is 3.49. The first-order valence-corrected chi connectivity index (χ1v) is 9.20. The molecule has 2 aromatic heterocycles. The van der Waals surface area contributed by atoms with Gasteiger partial charge >= 0.3 is 0 Å². The number of fused-ring (bicyclic) bond motifs is 1. The Morgan fingerprint density at radius 2 is 2.07 bits per heavy atom. The summed E-state index contributed by atoms with van der Waals surface area (Å²) in [6.45, 7) is 3.64. The molecule has 0 saturated carbocycles. The van der Waals surface area contributed by atoms with Gasteiger partial charge in [0.2, 0.25) is 11.9 Å². The molecular formula is C20H22FN5O. The number of nitrogens with one attached hydrogen (secondary N) is 1. The number of rotatable bonds is 4. The number of anilines is 1. The Morgan fingerprint density at radius 3 is 2.93 bits per heavy atom. The summed E-state index contributed by atoms with van der Waals surface area (Å²) in [5, 5.41) is 11.5. The molecule has 0 bridgehead atoms. The van der Waals surface area contributed by atoms with Gasteiger partial charge in [-0.05, 0) is 38.0 Å². The molecule has 1 amide bonds. The minimum absolute atomic E-state index is 0.0477. The maximum Gasteiger partial charge on any atom is 0.231 e. The van der Waals surface area contributed by atoms with E-state index in [1.54, 1.807) is 18.2 Å². The first-order chi connectivity index (χ1) is 13.1. The lowest BCUT2D eigenvalue weighted by Gasteiger charge is -2.32. The van der Waals surface area contributed by atoms with E-state index in [0.29, 0.717) is 12.1 Å². The van der Waals surface area contributed by atoms with E-state index in [-0.39, 0.29) is 24.2 Å². The molecule has 3 aromatic rings. The molecule has 27 heavy (non-hydrogen) atoms. The van der Waals surface area contributed by atoms with Crippen molar-refractivity contribution in [3.8, 4) is 0 Å². The highest BCUT2D eigenvalue weighted by atomic mass is 19.1. The van der Waals surface area contributed by atoms with E-state index in [1.165, 1.54) is 6.07 Å². The highest BCUT2D eigenvalue weighted by Gasteiger charge is 2.28. The van der Waals surface area contributed by atoms with Gasteiger partial charge in [0, 0.05) is 30.9 Å². The van der Waals surface area contributed by atoms with E-state index in [4.69, 9.17) is 0 Å². The average Bonchev–Trinajstić information content (AvgIpc) is 3.13.